The van der Waals surface area contributed by atoms with Crippen LogP contribution in [-0.4, -0.2) is 4.69 Å². The molecule has 2 N–H and O–H groups in total. The predicted octanol–water partition coefficient (Wildman–Crippen LogP) is 2.38. The van der Waals surface area contributed by atoms with Gasteiger partial charge in [0.05, 0.1) is 0 Å². The summed E-state index contributed by atoms with van der Waals surface area (Å²) < 4.78 is -0.139. The fourth-order valence-electron chi connectivity index (χ4n) is 0.661. The van der Waals surface area contributed by atoms with Gasteiger partial charge >= 0.3 is 0 Å². The first kappa shape index (κ1) is 10.7. The summed E-state index contributed by atoms with van der Waals surface area (Å²) in [6.45, 7) is 0. The van der Waals surface area contributed by atoms with Crippen LogP contribution in [-0.2, 0) is 0 Å². The molecule has 0 fully saturated rings. The minimum absolute atomic E-state index is 0. The summed E-state index contributed by atoms with van der Waals surface area (Å²) >= 11 is 2.82. The maximum absolute atomic E-state index is 10.7. The van der Waals surface area contributed by atoms with E-state index in [1.807, 2.05) is 0 Å². The van der Waals surface area contributed by atoms with Crippen LogP contribution in [0.15, 0.2) is 24.3 Å². The summed E-state index contributed by atoms with van der Waals surface area (Å²) in [6, 6.07) is 6.80. The van der Waals surface area contributed by atoms with E-state index in [0.29, 0.717) is 11.3 Å². The van der Waals surface area contributed by atoms with Gasteiger partial charge in [-0.25, -0.2) is 0 Å². The summed E-state index contributed by atoms with van der Waals surface area (Å²) in [7, 11) is 0. The molecule has 0 spiro atoms. The number of nitrogen functional groups attached to an aromatic ring is 1. The minimum Gasteiger partial charge on any atom is -0.399 e. The first-order chi connectivity index (χ1) is 4.70. The fourth-order valence-corrected chi connectivity index (χ4v) is 0.908. The van der Waals surface area contributed by atoms with E-state index in [4.69, 9.17) is 5.73 Å². The van der Waals surface area contributed by atoms with Crippen molar-refractivity contribution in [1.29, 1.82) is 0 Å². The number of nitrogens with two attached hydrogens (primary N) is 1. The first-order valence-electron chi connectivity index (χ1n) is 2.75. The lowest BCUT2D eigenvalue weighted by Crippen LogP contribution is -1.90. The molecule has 0 aliphatic heterocycles. The largest absolute Gasteiger partial charge is 0.399 e. The van der Waals surface area contributed by atoms with Crippen molar-refractivity contribution < 1.29 is 4.79 Å². The average Bonchev–Trinajstić information content (AvgIpc) is 1.88. The van der Waals surface area contributed by atoms with Gasteiger partial charge in [-0.2, -0.15) is 0 Å². The van der Waals surface area contributed by atoms with Gasteiger partial charge < -0.3 is 5.73 Å². The molecule has 0 radical (unpaired) electrons. The van der Waals surface area contributed by atoms with E-state index in [1.54, 1.807) is 24.3 Å². The van der Waals surface area contributed by atoms with Crippen LogP contribution < -0.4 is 5.73 Å². The summed E-state index contributed by atoms with van der Waals surface area (Å²) in [5.41, 5.74) is 6.61. The molecule has 4 heteroatoms. The lowest BCUT2D eigenvalue weighted by molar-refractivity contribution is 0.109. The number of carbonyl (C=O) groups is 1. The van der Waals surface area contributed by atoms with Crippen molar-refractivity contribution in [2.24, 2.45) is 0 Å². The van der Waals surface area contributed by atoms with Crippen LogP contribution in [0.25, 0.3) is 0 Å². The van der Waals surface area contributed by atoms with Crippen molar-refractivity contribution in [1.82, 2.24) is 0 Å². The predicted molar refractivity (Wildman–Crippen MR) is 54.4 cm³/mol. The maximum Gasteiger partial charge on any atom is 0.228 e. The topological polar surface area (TPSA) is 43.1 Å². The van der Waals surface area contributed by atoms with Crippen LogP contribution in [0.4, 0.5) is 5.69 Å². The van der Waals surface area contributed by atoms with Crippen molar-refractivity contribution in [2.75, 3.05) is 5.73 Å². The zero-order valence-corrected chi connectivity index (χ0v) is 8.88. The number of hydrogen-bond donors (Lipinski definition) is 1. The Labute approximate surface area is 83.7 Å². The molecule has 60 valence electrons. The molecule has 11 heavy (non-hydrogen) atoms. The molecule has 0 unspecified atom stereocenters. The van der Waals surface area contributed by atoms with Gasteiger partial charge in [0.1, 0.15) is 0 Å². The van der Waals surface area contributed by atoms with Crippen molar-refractivity contribution in [3.8, 4) is 0 Å². The van der Waals surface area contributed by atoms with E-state index >= 15 is 0 Å². The van der Waals surface area contributed by atoms with Gasteiger partial charge in [0.2, 0.25) is 4.69 Å². The lowest BCUT2D eigenvalue weighted by Gasteiger charge is -1.93. The van der Waals surface area contributed by atoms with E-state index in [9.17, 15) is 4.79 Å². The molecular formula is C7H7Br2NO. The van der Waals surface area contributed by atoms with E-state index in [0.717, 1.165) is 0 Å². The molecule has 0 aromatic heterocycles. The summed E-state index contributed by atoms with van der Waals surface area (Å²) in [4.78, 5) is 10.7. The van der Waals surface area contributed by atoms with Gasteiger partial charge in [0, 0.05) is 11.3 Å². The van der Waals surface area contributed by atoms with Crippen LogP contribution in [0.3, 0.4) is 0 Å². The minimum atomic E-state index is -0.139. The number of hydrogen-bond acceptors (Lipinski definition) is 2. The molecule has 2 nitrogen and oxygen atoms in total. The highest BCUT2D eigenvalue weighted by molar-refractivity contribution is 9.18. The number of benzene rings is 1. The molecule has 0 aliphatic rings. The van der Waals surface area contributed by atoms with E-state index in [1.165, 1.54) is 0 Å². The van der Waals surface area contributed by atoms with Crippen LogP contribution in [0.5, 0.6) is 0 Å². The second kappa shape index (κ2) is 4.51. The molecule has 1 rings (SSSR count). The molecule has 0 amide bonds. The van der Waals surface area contributed by atoms with E-state index < -0.39 is 0 Å². The molecule has 0 saturated carbocycles. The number of anilines is 1. The van der Waals surface area contributed by atoms with Gasteiger partial charge in [-0.15, -0.1) is 17.0 Å². The highest BCUT2D eigenvalue weighted by atomic mass is 79.9. The normalized spacial score (nSPS) is 8.45. The monoisotopic (exact) mass is 279 g/mol. The van der Waals surface area contributed by atoms with Gasteiger partial charge in [-0.3, -0.25) is 4.79 Å². The van der Waals surface area contributed by atoms with Gasteiger partial charge in [0.15, 0.2) is 0 Å². The van der Waals surface area contributed by atoms with Crippen molar-refractivity contribution in [2.45, 2.75) is 0 Å². The Morgan fingerprint density at radius 3 is 2.45 bits per heavy atom. The molecular weight excluding hydrogens is 274 g/mol. The first-order valence-corrected chi connectivity index (χ1v) is 3.55. The number of rotatable bonds is 1. The van der Waals surface area contributed by atoms with Crippen LogP contribution in [0.2, 0.25) is 0 Å². The zero-order chi connectivity index (χ0) is 7.56. The Morgan fingerprint density at radius 1 is 1.45 bits per heavy atom. The van der Waals surface area contributed by atoms with Crippen LogP contribution in [0.1, 0.15) is 10.4 Å². The fraction of sp³-hybridized carbons (Fsp3) is 0. The van der Waals surface area contributed by atoms with Crippen molar-refractivity contribution in [3.63, 3.8) is 0 Å². The summed E-state index contributed by atoms with van der Waals surface area (Å²) in [5, 5.41) is 0. The summed E-state index contributed by atoms with van der Waals surface area (Å²) in [6.07, 6.45) is 0. The molecule has 0 heterocycles. The van der Waals surface area contributed by atoms with Crippen LogP contribution in [0, 0.1) is 0 Å². The molecule has 0 atom stereocenters. The second-order valence-electron chi connectivity index (χ2n) is 1.90. The van der Waals surface area contributed by atoms with Gasteiger partial charge in [-0.1, -0.05) is 12.1 Å². The van der Waals surface area contributed by atoms with Crippen LogP contribution >= 0.6 is 32.9 Å². The maximum atomic E-state index is 10.7. The zero-order valence-electron chi connectivity index (χ0n) is 5.58. The van der Waals surface area contributed by atoms with Crippen molar-refractivity contribution >= 4 is 43.3 Å². The summed E-state index contributed by atoms with van der Waals surface area (Å²) in [5.74, 6) is 0. The Balaban J connectivity index is 0.000001000. The number of halogens is 2. The molecule has 0 bridgehead atoms. The molecule has 1 aromatic rings. The quantitative estimate of drug-likeness (QED) is 0.634. The van der Waals surface area contributed by atoms with Gasteiger partial charge in [0.25, 0.3) is 0 Å². The highest BCUT2D eigenvalue weighted by Gasteiger charge is 1.98. The van der Waals surface area contributed by atoms with E-state index in [2.05, 4.69) is 15.9 Å². The molecule has 0 saturated heterocycles. The smallest absolute Gasteiger partial charge is 0.228 e. The van der Waals surface area contributed by atoms with E-state index in [-0.39, 0.29) is 21.7 Å². The molecule has 0 aliphatic carbocycles. The third-order valence-corrected chi connectivity index (χ3v) is 1.57. The average molecular weight is 281 g/mol. The SMILES string of the molecule is Br.Nc1cccc(C(=O)Br)c1. The van der Waals surface area contributed by atoms with Gasteiger partial charge in [-0.05, 0) is 28.1 Å². The number of carbonyl (C=O) groups excluding carboxylic acids is 1. The van der Waals surface area contributed by atoms with Crippen molar-refractivity contribution in [3.05, 3.63) is 29.8 Å². The highest BCUT2D eigenvalue weighted by Crippen LogP contribution is 2.09. The Bertz CT molecular complexity index is 262. The third kappa shape index (κ3) is 3.03. The third-order valence-electron chi connectivity index (χ3n) is 1.11. The Kier molecular flexibility index (Phi) is 4.37. The Hall–Kier alpha value is -0.350. The second-order valence-corrected chi connectivity index (χ2v) is 2.62. The Morgan fingerprint density at radius 2 is 2.09 bits per heavy atom. The molecule has 1 aromatic carbocycles. The lowest BCUT2D eigenvalue weighted by atomic mass is 10.2. The standard InChI is InChI=1S/C7H6BrNO.BrH/c8-7(10)5-2-1-3-6(9)4-5;/h1-4H,9H2;1H.